The molecule has 0 aliphatic carbocycles. The Hall–Kier alpha value is -2.62. The highest BCUT2D eigenvalue weighted by atomic mass is 16.2. The molecule has 0 radical (unpaired) electrons. The number of nitrogens with one attached hydrogen (secondary N) is 1. The number of benzene rings is 2. The molecule has 0 unspecified atom stereocenters. The Labute approximate surface area is 142 Å². The molecule has 2 aromatic rings. The number of hydrogen-bond donors (Lipinski definition) is 1. The molecule has 3 rings (SSSR count). The van der Waals surface area contributed by atoms with Gasteiger partial charge in [-0.05, 0) is 49.9 Å². The molecule has 1 saturated heterocycles. The zero-order valence-electron chi connectivity index (χ0n) is 14.5. The van der Waals surface area contributed by atoms with Crippen molar-refractivity contribution in [2.75, 3.05) is 10.2 Å². The molecule has 1 aliphatic rings. The molecular formula is C20H22N2O2. The highest BCUT2D eigenvalue weighted by Gasteiger charge is 2.40. The van der Waals surface area contributed by atoms with Crippen LogP contribution in [0.3, 0.4) is 0 Å². The van der Waals surface area contributed by atoms with Crippen molar-refractivity contribution in [3.63, 3.8) is 0 Å². The minimum absolute atomic E-state index is 0.152. The van der Waals surface area contributed by atoms with Crippen LogP contribution < -0.4 is 10.2 Å². The van der Waals surface area contributed by atoms with Gasteiger partial charge in [-0.15, -0.1) is 0 Å². The van der Waals surface area contributed by atoms with Crippen molar-refractivity contribution >= 4 is 23.2 Å². The van der Waals surface area contributed by atoms with Gasteiger partial charge in [0.05, 0.1) is 12.1 Å². The van der Waals surface area contributed by atoms with Gasteiger partial charge in [0, 0.05) is 5.69 Å². The largest absolute Gasteiger partial charge is 0.373 e. The van der Waals surface area contributed by atoms with E-state index >= 15 is 0 Å². The zero-order valence-corrected chi connectivity index (χ0v) is 14.5. The highest BCUT2D eigenvalue weighted by molar-refractivity contribution is 6.23. The second-order valence-electron chi connectivity index (χ2n) is 6.48. The smallest absolute Gasteiger partial charge is 0.256 e. The third-order valence-electron chi connectivity index (χ3n) is 4.61. The van der Waals surface area contributed by atoms with Crippen LogP contribution in [0.2, 0.25) is 0 Å². The summed E-state index contributed by atoms with van der Waals surface area (Å²) in [5.41, 5.74) is 5.67. The lowest BCUT2D eigenvalue weighted by Crippen LogP contribution is -2.36. The SMILES string of the molecule is Cc1cccc(C)c1N[C@H]1CC(=O)N(c2c(C)cccc2C)C1=O. The summed E-state index contributed by atoms with van der Waals surface area (Å²) in [6.45, 7) is 7.85. The first-order valence-corrected chi connectivity index (χ1v) is 8.16. The van der Waals surface area contributed by atoms with Gasteiger partial charge in [0.15, 0.2) is 0 Å². The van der Waals surface area contributed by atoms with Gasteiger partial charge in [-0.25, -0.2) is 4.90 Å². The van der Waals surface area contributed by atoms with Crippen LogP contribution in [-0.4, -0.2) is 17.9 Å². The molecule has 1 atom stereocenters. The van der Waals surface area contributed by atoms with E-state index in [2.05, 4.69) is 5.32 Å². The molecule has 4 heteroatoms. The molecule has 2 amide bonds. The number of carbonyl (C=O) groups excluding carboxylic acids is 2. The molecule has 4 nitrogen and oxygen atoms in total. The van der Waals surface area contributed by atoms with Gasteiger partial charge < -0.3 is 5.32 Å². The molecule has 0 spiro atoms. The van der Waals surface area contributed by atoms with Crippen LogP contribution in [0.1, 0.15) is 28.7 Å². The lowest BCUT2D eigenvalue weighted by Gasteiger charge is -2.21. The van der Waals surface area contributed by atoms with Crippen LogP contribution >= 0.6 is 0 Å². The second kappa shape index (κ2) is 6.11. The third-order valence-corrected chi connectivity index (χ3v) is 4.61. The molecule has 0 bridgehead atoms. The van der Waals surface area contributed by atoms with Crippen molar-refractivity contribution in [2.45, 2.75) is 40.2 Å². The van der Waals surface area contributed by atoms with Gasteiger partial charge in [0.2, 0.25) is 5.91 Å². The monoisotopic (exact) mass is 322 g/mol. The van der Waals surface area contributed by atoms with E-state index in [0.717, 1.165) is 33.6 Å². The van der Waals surface area contributed by atoms with Crippen LogP contribution in [0.25, 0.3) is 0 Å². The Morgan fingerprint density at radius 3 is 1.92 bits per heavy atom. The molecule has 24 heavy (non-hydrogen) atoms. The van der Waals surface area contributed by atoms with Crippen molar-refractivity contribution in [3.8, 4) is 0 Å². The van der Waals surface area contributed by atoms with Crippen molar-refractivity contribution in [1.29, 1.82) is 0 Å². The number of anilines is 2. The van der Waals surface area contributed by atoms with Crippen molar-refractivity contribution in [3.05, 3.63) is 58.7 Å². The van der Waals surface area contributed by atoms with E-state index in [4.69, 9.17) is 0 Å². The number of nitrogens with zero attached hydrogens (tertiary/aromatic N) is 1. The first-order valence-electron chi connectivity index (χ1n) is 8.16. The number of hydrogen-bond acceptors (Lipinski definition) is 3. The predicted octanol–water partition coefficient (Wildman–Crippen LogP) is 3.66. The standard InChI is InChI=1S/C20H22N2O2/c1-12-7-5-8-13(2)18(12)21-16-11-17(23)22(20(16)24)19-14(3)9-6-10-15(19)4/h5-10,16,21H,11H2,1-4H3/t16-/m0/s1. The molecular weight excluding hydrogens is 300 g/mol. The summed E-state index contributed by atoms with van der Waals surface area (Å²) < 4.78 is 0. The number of carbonyl (C=O) groups is 2. The van der Waals surface area contributed by atoms with Crippen LogP contribution in [0, 0.1) is 27.7 Å². The Balaban J connectivity index is 1.93. The second-order valence-corrected chi connectivity index (χ2v) is 6.48. The average Bonchev–Trinajstić information content (AvgIpc) is 2.78. The summed E-state index contributed by atoms with van der Waals surface area (Å²) >= 11 is 0. The van der Waals surface area contributed by atoms with Gasteiger partial charge in [0.1, 0.15) is 6.04 Å². The quantitative estimate of drug-likeness (QED) is 0.877. The summed E-state index contributed by atoms with van der Waals surface area (Å²) in [6, 6.07) is 11.3. The molecule has 1 N–H and O–H groups in total. The van der Waals surface area contributed by atoms with E-state index in [-0.39, 0.29) is 18.2 Å². The minimum Gasteiger partial charge on any atom is -0.373 e. The molecule has 0 aromatic heterocycles. The van der Waals surface area contributed by atoms with E-state index < -0.39 is 6.04 Å². The van der Waals surface area contributed by atoms with Crippen LogP contribution in [-0.2, 0) is 9.59 Å². The van der Waals surface area contributed by atoms with Gasteiger partial charge in [-0.2, -0.15) is 0 Å². The fraction of sp³-hybridized carbons (Fsp3) is 0.300. The van der Waals surface area contributed by atoms with Gasteiger partial charge in [0.25, 0.3) is 5.91 Å². The maximum Gasteiger partial charge on any atom is 0.256 e. The van der Waals surface area contributed by atoms with Crippen molar-refractivity contribution in [1.82, 2.24) is 0 Å². The van der Waals surface area contributed by atoms with Gasteiger partial charge in [-0.1, -0.05) is 36.4 Å². The lowest BCUT2D eigenvalue weighted by molar-refractivity contribution is -0.121. The summed E-state index contributed by atoms with van der Waals surface area (Å²) in [5.74, 6) is -0.332. The maximum atomic E-state index is 12.9. The molecule has 1 fully saturated rings. The lowest BCUT2D eigenvalue weighted by atomic mass is 10.1. The molecule has 1 heterocycles. The van der Waals surface area contributed by atoms with Gasteiger partial charge in [-0.3, -0.25) is 9.59 Å². The summed E-state index contributed by atoms with van der Waals surface area (Å²) in [6.07, 6.45) is 0.181. The predicted molar refractivity (Wildman–Crippen MR) is 96.4 cm³/mol. The Kier molecular flexibility index (Phi) is 4.14. The Morgan fingerprint density at radius 2 is 1.38 bits per heavy atom. The zero-order chi connectivity index (χ0) is 17.4. The number of para-hydroxylation sites is 2. The highest BCUT2D eigenvalue weighted by Crippen LogP contribution is 2.31. The molecule has 124 valence electrons. The van der Waals surface area contributed by atoms with Crippen LogP contribution in [0.5, 0.6) is 0 Å². The van der Waals surface area contributed by atoms with E-state index in [0.29, 0.717) is 0 Å². The van der Waals surface area contributed by atoms with Crippen LogP contribution in [0.4, 0.5) is 11.4 Å². The fourth-order valence-corrected chi connectivity index (χ4v) is 3.35. The molecule has 0 saturated carbocycles. The number of imide groups is 1. The first-order chi connectivity index (χ1) is 11.4. The van der Waals surface area contributed by atoms with Gasteiger partial charge >= 0.3 is 0 Å². The van der Waals surface area contributed by atoms with Crippen molar-refractivity contribution < 1.29 is 9.59 Å². The number of amides is 2. The van der Waals surface area contributed by atoms with E-state index in [1.807, 2.05) is 64.1 Å². The van der Waals surface area contributed by atoms with Crippen molar-refractivity contribution in [2.24, 2.45) is 0 Å². The number of rotatable bonds is 3. The first kappa shape index (κ1) is 16.2. The molecule has 2 aromatic carbocycles. The third kappa shape index (κ3) is 2.68. The molecule has 1 aliphatic heterocycles. The summed E-state index contributed by atoms with van der Waals surface area (Å²) in [4.78, 5) is 26.8. The van der Waals surface area contributed by atoms with E-state index in [9.17, 15) is 9.59 Å². The summed E-state index contributed by atoms with van der Waals surface area (Å²) in [5, 5.41) is 3.28. The number of aryl methyl sites for hydroxylation is 4. The van der Waals surface area contributed by atoms with E-state index in [1.165, 1.54) is 4.90 Å². The fourth-order valence-electron chi connectivity index (χ4n) is 3.35. The average molecular weight is 322 g/mol. The Morgan fingerprint density at radius 1 is 0.875 bits per heavy atom. The normalized spacial score (nSPS) is 17.5. The maximum absolute atomic E-state index is 12.9. The minimum atomic E-state index is -0.517. The van der Waals surface area contributed by atoms with E-state index in [1.54, 1.807) is 0 Å². The topological polar surface area (TPSA) is 49.4 Å². The summed E-state index contributed by atoms with van der Waals surface area (Å²) in [7, 11) is 0. The Bertz CT molecular complexity index is 786. The van der Waals surface area contributed by atoms with Crippen LogP contribution in [0.15, 0.2) is 36.4 Å².